The Morgan fingerprint density at radius 3 is 2.32 bits per heavy atom. The number of nitrogens with zero attached hydrogens (tertiary/aromatic N) is 3. The summed E-state index contributed by atoms with van der Waals surface area (Å²) in [6, 6.07) is 3.91. The first-order valence-corrected chi connectivity index (χ1v) is 8.36. The van der Waals surface area contributed by atoms with Gasteiger partial charge in [-0.3, -0.25) is 4.79 Å². The molecule has 154 valence electrons. The second kappa shape index (κ2) is 9.98. The number of amides is 1. The van der Waals surface area contributed by atoms with E-state index in [0.717, 1.165) is 0 Å². The minimum atomic E-state index is -4.42. The summed E-state index contributed by atoms with van der Waals surface area (Å²) in [6.07, 6.45) is -0.370. The molecule has 10 heteroatoms. The number of nitrogens with two attached hydrogens (primary N) is 1. The number of pyridine rings is 1. The fourth-order valence-corrected chi connectivity index (χ4v) is 1.67. The molecule has 0 aliphatic rings. The number of halogens is 3. The predicted molar refractivity (Wildman–Crippen MR) is 97.6 cm³/mol. The Balaban J connectivity index is 0.000000696. The summed E-state index contributed by atoms with van der Waals surface area (Å²) in [7, 11) is 0. The maximum atomic E-state index is 12.0. The summed E-state index contributed by atoms with van der Waals surface area (Å²) in [5, 5.41) is 2.70. The second-order valence-corrected chi connectivity index (χ2v) is 6.99. The lowest BCUT2D eigenvalue weighted by Crippen LogP contribution is -2.27. The molecule has 7 nitrogen and oxygen atoms in total. The Morgan fingerprint density at radius 2 is 1.86 bits per heavy atom. The third-order valence-electron chi connectivity index (χ3n) is 2.81. The molecule has 1 unspecified atom stereocenters. The SMILES string of the molecule is CC(C)(C)N.CC(NC(=O)c1ccncn1)c1ccc(OCC(F)(F)F)nc1. The number of ether oxygens (including phenoxy) is 1. The van der Waals surface area contributed by atoms with Crippen molar-refractivity contribution in [3.05, 3.63) is 48.2 Å². The van der Waals surface area contributed by atoms with E-state index in [2.05, 4.69) is 25.0 Å². The highest BCUT2D eigenvalue weighted by molar-refractivity contribution is 5.92. The van der Waals surface area contributed by atoms with Crippen LogP contribution in [0.15, 0.2) is 36.9 Å². The van der Waals surface area contributed by atoms with Gasteiger partial charge in [-0.1, -0.05) is 6.07 Å². The van der Waals surface area contributed by atoms with Gasteiger partial charge in [0.05, 0.1) is 6.04 Å². The van der Waals surface area contributed by atoms with Crippen molar-refractivity contribution in [2.24, 2.45) is 5.73 Å². The maximum absolute atomic E-state index is 12.0. The molecular formula is C18H24F3N5O2. The molecule has 0 fully saturated rings. The van der Waals surface area contributed by atoms with Gasteiger partial charge in [0.1, 0.15) is 12.0 Å². The topological polar surface area (TPSA) is 103 Å². The standard InChI is InChI=1S/C14H13F3N4O2.C4H11N/c1-9(21-13(22)11-4-5-18-8-20-11)10-2-3-12(19-6-10)23-7-14(15,16)17;1-4(2,3)5/h2-6,8-9H,7H2,1H3,(H,21,22);5H2,1-3H3. The third kappa shape index (κ3) is 10.4. The molecule has 28 heavy (non-hydrogen) atoms. The van der Waals surface area contributed by atoms with Crippen LogP contribution in [0.2, 0.25) is 0 Å². The summed E-state index contributed by atoms with van der Waals surface area (Å²) in [6.45, 7) is 6.21. The van der Waals surface area contributed by atoms with Crippen LogP contribution in [0.1, 0.15) is 49.8 Å². The van der Waals surface area contributed by atoms with Crippen LogP contribution in [0.25, 0.3) is 0 Å². The molecule has 2 heterocycles. The van der Waals surface area contributed by atoms with Crippen molar-refractivity contribution in [3.63, 3.8) is 0 Å². The van der Waals surface area contributed by atoms with Gasteiger partial charge in [-0.15, -0.1) is 0 Å². The lowest BCUT2D eigenvalue weighted by Gasteiger charge is -2.14. The summed E-state index contributed by atoms with van der Waals surface area (Å²) in [4.78, 5) is 23.3. The van der Waals surface area contributed by atoms with Gasteiger partial charge in [0.15, 0.2) is 6.61 Å². The van der Waals surface area contributed by atoms with Crippen molar-refractivity contribution in [1.29, 1.82) is 0 Å². The van der Waals surface area contributed by atoms with Crippen molar-refractivity contribution >= 4 is 5.91 Å². The molecule has 0 aliphatic heterocycles. The molecule has 0 bridgehead atoms. The Labute approximate surface area is 161 Å². The van der Waals surface area contributed by atoms with Crippen molar-refractivity contribution in [1.82, 2.24) is 20.3 Å². The summed E-state index contributed by atoms with van der Waals surface area (Å²) >= 11 is 0. The minimum absolute atomic E-state index is 0. The normalized spacial score (nSPS) is 12.4. The van der Waals surface area contributed by atoms with E-state index in [9.17, 15) is 18.0 Å². The van der Waals surface area contributed by atoms with Crippen LogP contribution >= 0.6 is 0 Å². The van der Waals surface area contributed by atoms with E-state index in [0.29, 0.717) is 5.56 Å². The third-order valence-corrected chi connectivity index (χ3v) is 2.81. The number of carbonyl (C=O) groups is 1. The minimum Gasteiger partial charge on any atom is -0.468 e. The van der Waals surface area contributed by atoms with E-state index in [1.54, 1.807) is 6.92 Å². The van der Waals surface area contributed by atoms with E-state index in [-0.39, 0.29) is 17.1 Å². The largest absolute Gasteiger partial charge is 0.468 e. The lowest BCUT2D eigenvalue weighted by atomic mass is 10.1. The van der Waals surface area contributed by atoms with E-state index in [4.69, 9.17) is 5.73 Å². The Bertz CT molecular complexity index is 726. The number of alkyl halides is 3. The summed E-state index contributed by atoms with van der Waals surface area (Å²) in [5.41, 5.74) is 6.18. The van der Waals surface area contributed by atoms with E-state index in [1.165, 1.54) is 36.9 Å². The van der Waals surface area contributed by atoms with Gasteiger partial charge in [0, 0.05) is 24.0 Å². The molecule has 2 aromatic heterocycles. The van der Waals surface area contributed by atoms with E-state index in [1.807, 2.05) is 20.8 Å². The van der Waals surface area contributed by atoms with Crippen LogP contribution in [0, 0.1) is 0 Å². The van der Waals surface area contributed by atoms with Gasteiger partial charge < -0.3 is 15.8 Å². The molecule has 2 aromatic rings. The average Bonchev–Trinajstić information content (AvgIpc) is 2.59. The number of nitrogens with one attached hydrogen (secondary N) is 1. The average molecular weight is 399 g/mol. The zero-order valence-corrected chi connectivity index (χ0v) is 16.1. The maximum Gasteiger partial charge on any atom is 0.422 e. The van der Waals surface area contributed by atoms with Crippen LogP contribution < -0.4 is 15.8 Å². The van der Waals surface area contributed by atoms with Crippen LogP contribution in [0.5, 0.6) is 5.88 Å². The highest BCUT2D eigenvalue weighted by Crippen LogP contribution is 2.19. The zero-order chi connectivity index (χ0) is 21.4. The number of hydrogen-bond donors (Lipinski definition) is 2. The van der Waals surface area contributed by atoms with Crippen LogP contribution in [-0.2, 0) is 0 Å². The molecule has 3 N–H and O–H groups in total. The summed E-state index contributed by atoms with van der Waals surface area (Å²) in [5.74, 6) is -0.530. The van der Waals surface area contributed by atoms with Crippen molar-refractivity contribution in [2.45, 2.75) is 45.5 Å². The van der Waals surface area contributed by atoms with Crippen LogP contribution in [-0.4, -0.2) is 39.2 Å². The molecule has 0 saturated carbocycles. The predicted octanol–water partition coefficient (Wildman–Crippen LogP) is 3.05. The fraction of sp³-hybridized carbons (Fsp3) is 0.444. The zero-order valence-electron chi connectivity index (χ0n) is 16.1. The molecule has 2 rings (SSSR count). The molecule has 0 aromatic carbocycles. The number of rotatable bonds is 5. The van der Waals surface area contributed by atoms with E-state index >= 15 is 0 Å². The second-order valence-electron chi connectivity index (χ2n) is 6.99. The summed E-state index contributed by atoms with van der Waals surface area (Å²) < 4.78 is 40.6. The van der Waals surface area contributed by atoms with Crippen LogP contribution in [0.3, 0.4) is 0 Å². The molecule has 1 atom stereocenters. The van der Waals surface area contributed by atoms with Gasteiger partial charge in [-0.2, -0.15) is 13.2 Å². The first-order chi connectivity index (χ1) is 12.8. The first kappa shape index (κ1) is 23.3. The molecular weight excluding hydrogens is 375 g/mol. The highest BCUT2D eigenvalue weighted by atomic mass is 19.4. The van der Waals surface area contributed by atoms with Gasteiger partial charge in [0.2, 0.25) is 5.88 Å². The Hall–Kier alpha value is -2.75. The molecule has 0 aliphatic carbocycles. The first-order valence-electron chi connectivity index (χ1n) is 8.36. The number of hydrogen-bond acceptors (Lipinski definition) is 6. The van der Waals surface area contributed by atoms with Gasteiger partial charge in [0.25, 0.3) is 5.91 Å². The Kier molecular flexibility index (Phi) is 8.30. The number of carbonyl (C=O) groups excluding carboxylic acids is 1. The van der Waals surface area contributed by atoms with E-state index < -0.39 is 24.7 Å². The van der Waals surface area contributed by atoms with Crippen molar-refractivity contribution in [3.8, 4) is 5.88 Å². The molecule has 0 spiro atoms. The lowest BCUT2D eigenvalue weighted by molar-refractivity contribution is -0.154. The van der Waals surface area contributed by atoms with Gasteiger partial charge in [-0.05, 0) is 39.3 Å². The van der Waals surface area contributed by atoms with Gasteiger partial charge in [-0.25, -0.2) is 15.0 Å². The van der Waals surface area contributed by atoms with Crippen LogP contribution in [0.4, 0.5) is 13.2 Å². The monoisotopic (exact) mass is 399 g/mol. The van der Waals surface area contributed by atoms with Crippen molar-refractivity contribution in [2.75, 3.05) is 6.61 Å². The van der Waals surface area contributed by atoms with Crippen molar-refractivity contribution < 1.29 is 22.7 Å². The quantitative estimate of drug-likeness (QED) is 0.801. The highest BCUT2D eigenvalue weighted by Gasteiger charge is 2.28. The fourth-order valence-electron chi connectivity index (χ4n) is 1.67. The Morgan fingerprint density at radius 1 is 1.21 bits per heavy atom. The molecule has 0 radical (unpaired) electrons. The molecule has 0 saturated heterocycles. The van der Waals surface area contributed by atoms with Gasteiger partial charge >= 0.3 is 6.18 Å². The smallest absolute Gasteiger partial charge is 0.422 e. The number of aromatic nitrogens is 3. The molecule has 1 amide bonds.